The number of hydrogen-bond donors (Lipinski definition) is 1. The van der Waals surface area contributed by atoms with Crippen molar-refractivity contribution >= 4 is 0 Å². The Morgan fingerprint density at radius 3 is 2.82 bits per heavy atom. The SMILES string of the molecule is CCc1cc(CC2CCCCC2NC)n(C)n1. The third-order valence-corrected chi connectivity index (χ3v) is 4.14. The Hall–Kier alpha value is -0.830. The highest BCUT2D eigenvalue weighted by atomic mass is 15.3. The van der Waals surface area contributed by atoms with Crippen LogP contribution in [0.4, 0.5) is 0 Å². The van der Waals surface area contributed by atoms with Crippen molar-refractivity contribution in [3.05, 3.63) is 17.5 Å². The third kappa shape index (κ3) is 2.89. The molecule has 0 saturated heterocycles. The standard InChI is InChI=1S/C14H25N3/c1-4-12-10-13(17(3)16-12)9-11-7-5-6-8-14(11)15-2/h10-11,14-15H,4-9H2,1-3H3. The summed E-state index contributed by atoms with van der Waals surface area (Å²) in [6, 6.07) is 2.98. The van der Waals surface area contributed by atoms with E-state index in [1.54, 1.807) is 0 Å². The highest BCUT2D eigenvalue weighted by Crippen LogP contribution is 2.27. The van der Waals surface area contributed by atoms with Gasteiger partial charge in [-0.15, -0.1) is 0 Å². The third-order valence-electron chi connectivity index (χ3n) is 4.14. The van der Waals surface area contributed by atoms with Crippen LogP contribution in [0, 0.1) is 5.92 Å². The van der Waals surface area contributed by atoms with E-state index >= 15 is 0 Å². The minimum atomic E-state index is 0.698. The number of aryl methyl sites for hydroxylation is 2. The Balaban J connectivity index is 2.05. The van der Waals surface area contributed by atoms with Crippen LogP contribution in [0.15, 0.2) is 6.07 Å². The van der Waals surface area contributed by atoms with Crippen LogP contribution in [-0.2, 0) is 19.9 Å². The fourth-order valence-corrected chi connectivity index (χ4v) is 3.04. The normalized spacial score (nSPS) is 25.1. The van der Waals surface area contributed by atoms with Gasteiger partial charge in [-0.25, -0.2) is 0 Å². The molecule has 96 valence electrons. The summed E-state index contributed by atoms with van der Waals surface area (Å²) in [6.07, 6.45) is 7.68. The summed E-state index contributed by atoms with van der Waals surface area (Å²) in [5, 5.41) is 8.03. The molecule has 1 aliphatic carbocycles. The van der Waals surface area contributed by atoms with E-state index in [2.05, 4.69) is 42.2 Å². The van der Waals surface area contributed by atoms with E-state index in [0.29, 0.717) is 6.04 Å². The van der Waals surface area contributed by atoms with E-state index in [4.69, 9.17) is 0 Å². The lowest BCUT2D eigenvalue weighted by atomic mass is 9.81. The fraction of sp³-hybridized carbons (Fsp3) is 0.786. The molecule has 2 unspecified atom stereocenters. The van der Waals surface area contributed by atoms with Gasteiger partial charge in [-0.3, -0.25) is 4.68 Å². The Bertz CT molecular complexity index is 356. The van der Waals surface area contributed by atoms with Gasteiger partial charge in [0.25, 0.3) is 0 Å². The van der Waals surface area contributed by atoms with Gasteiger partial charge in [-0.2, -0.15) is 5.10 Å². The van der Waals surface area contributed by atoms with Crippen molar-refractivity contribution in [3.63, 3.8) is 0 Å². The number of hydrogen-bond acceptors (Lipinski definition) is 2. The second-order valence-electron chi connectivity index (χ2n) is 5.25. The van der Waals surface area contributed by atoms with Gasteiger partial charge in [0.2, 0.25) is 0 Å². The van der Waals surface area contributed by atoms with Crippen molar-refractivity contribution in [2.45, 2.75) is 51.5 Å². The zero-order valence-corrected chi connectivity index (χ0v) is 11.4. The maximum Gasteiger partial charge on any atom is 0.0624 e. The summed E-state index contributed by atoms with van der Waals surface area (Å²) in [5.41, 5.74) is 2.62. The van der Waals surface area contributed by atoms with E-state index in [1.807, 2.05) is 0 Å². The van der Waals surface area contributed by atoms with Crippen LogP contribution in [0.1, 0.15) is 44.0 Å². The van der Waals surface area contributed by atoms with Crippen LogP contribution in [0.25, 0.3) is 0 Å². The second kappa shape index (κ2) is 5.67. The molecular weight excluding hydrogens is 210 g/mol. The topological polar surface area (TPSA) is 29.9 Å². The minimum Gasteiger partial charge on any atom is -0.317 e. The van der Waals surface area contributed by atoms with Gasteiger partial charge in [-0.1, -0.05) is 19.8 Å². The molecule has 0 aromatic carbocycles. The molecule has 3 heteroatoms. The quantitative estimate of drug-likeness (QED) is 0.868. The van der Waals surface area contributed by atoms with Crippen molar-refractivity contribution in [2.75, 3.05) is 7.05 Å². The van der Waals surface area contributed by atoms with Crippen LogP contribution in [0.5, 0.6) is 0 Å². The average Bonchev–Trinajstić information content (AvgIpc) is 2.71. The van der Waals surface area contributed by atoms with E-state index < -0.39 is 0 Å². The Kier molecular flexibility index (Phi) is 4.21. The van der Waals surface area contributed by atoms with Crippen molar-refractivity contribution in [2.24, 2.45) is 13.0 Å². The zero-order valence-electron chi connectivity index (χ0n) is 11.4. The summed E-state index contributed by atoms with van der Waals surface area (Å²) in [7, 11) is 4.18. The number of rotatable bonds is 4. The first kappa shape index (κ1) is 12.6. The lowest BCUT2D eigenvalue weighted by Gasteiger charge is -2.31. The van der Waals surface area contributed by atoms with Gasteiger partial charge in [0.1, 0.15) is 0 Å². The van der Waals surface area contributed by atoms with Crippen molar-refractivity contribution in [3.8, 4) is 0 Å². The van der Waals surface area contributed by atoms with Gasteiger partial charge in [-0.05, 0) is 44.7 Å². The molecule has 2 rings (SSSR count). The lowest BCUT2D eigenvalue weighted by molar-refractivity contribution is 0.269. The fourth-order valence-electron chi connectivity index (χ4n) is 3.04. The first-order valence-electron chi connectivity index (χ1n) is 6.93. The molecule has 2 atom stereocenters. The van der Waals surface area contributed by atoms with Crippen LogP contribution in [0.3, 0.4) is 0 Å². The van der Waals surface area contributed by atoms with Gasteiger partial charge in [0.15, 0.2) is 0 Å². The van der Waals surface area contributed by atoms with Crippen molar-refractivity contribution < 1.29 is 0 Å². The smallest absolute Gasteiger partial charge is 0.0624 e. The largest absolute Gasteiger partial charge is 0.317 e. The molecule has 1 heterocycles. The summed E-state index contributed by atoms with van der Waals surface area (Å²) in [6.45, 7) is 2.17. The predicted molar refractivity (Wildman–Crippen MR) is 71.1 cm³/mol. The number of nitrogens with zero attached hydrogens (tertiary/aromatic N) is 2. The van der Waals surface area contributed by atoms with Gasteiger partial charge >= 0.3 is 0 Å². The Morgan fingerprint density at radius 2 is 2.18 bits per heavy atom. The number of nitrogens with one attached hydrogen (secondary N) is 1. The first-order chi connectivity index (χ1) is 8.24. The van der Waals surface area contributed by atoms with Gasteiger partial charge < -0.3 is 5.32 Å². The molecule has 1 aromatic heterocycles. The molecule has 1 N–H and O–H groups in total. The summed E-state index contributed by atoms with van der Waals surface area (Å²) in [5.74, 6) is 0.786. The summed E-state index contributed by atoms with van der Waals surface area (Å²) in [4.78, 5) is 0. The predicted octanol–water partition coefficient (Wildman–Crippen LogP) is 2.30. The molecular formula is C14H25N3. The molecule has 0 radical (unpaired) electrons. The van der Waals surface area contributed by atoms with Crippen LogP contribution in [-0.4, -0.2) is 22.9 Å². The Morgan fingerprint density at radius 1 is 1.41 bits per heavy atom. The van der Waals surface area contributed by atoms with E-state index in [9.17, 15) is 0 Å². The number of aromatic nitrogens is 2. The molecule has 3 nitrogen and oxygen atoms in total. The molecule has 1 fully saturated rings. The maximum absolute atomic E-state index is 4.54. The van der Waals surface area contributed by atoms with E-state index in [1.165, 1.54) is 43.5 Å². The average molecular weight is 235 g/mol. The van der Waals surface area contributed by atoms with Gasteiger partial charge in [0.05, 0.1) is 5.69 Å². The minimum absolute atomic E-state index is 0.698. The lowest BCUT2D eigenvalue weighted by Crippen LogP contribution is -2.37. The molecule has 1 aliphatic rings. The monoisotopic (exact) mass is 235 g/mol. The molecule has 17 heavy (non-hydrogen) atoms. The molecule has 1 aromatic rings. The first-order valence-corrected chi connectivity index (χ1v) is 6.93. The van der Waals surface area contributed by atoms with E-state index in [-0.39, 0.29) is 0 Å². The summed E-state index contributed by atoms with van der Waals surface area (Å²) >= 11 is 0. The highest BCUT2D eigenvalue weighted by molar-refractivity contribution is 5.11. The van der Waals surface area contributed by atoms with Crippen LogP contribution in [0.2, 0.25) is 0 Å². The molecule has 0 amide bonds. The molecule has 0 aliphatic heterocycles. The maximum atomic E-state index is 4.54. The van der Waals surface area contributed by atoms with Crippen LogP contribution < -0.4 is 5.32 Å². The highest BCUT2D eigenvalue weighted by Gasteiger charge is 2.24. The molecule has 1 saturated carbocycles. The Labute approximate surface area is 105 Å². The second-order valence-corrected chi connectivity index (χ2v) is 5.25. The zero-order chi connectivity index (χ0) is 12.3. The summed E-state index contributed by atoms with van der Waals surface area (Å²) < 4.78 is 2.07. The molecule has 0 bridgehead atoms. The van der Waals surface area contributed by atoms with Crippen molar-refractivity contribution in [1.29, 1.82) is 0 Å². The van der Waals surface area contributed by atoms with Gasteiger partial charge in [0, 0.05) is 18.8 Å². The van der Waals surface area contributed by atoms with Crippen molar-refractivity contribution in [1.82, 2.24) is 15.1 Å². The van der Waals surface area contributed by atoms with Crippen LogP contribution >= 0.6 is 0 Å². The molecule has 0 spiro atoms. The van der Waals surface area contributed by atoms with E-state index in [0.717, 1.165) is 12.3 Å².